The van der Waals surface area contributed by atoms with Crippen molar-refractivity contribution in [2.45, 2.75) is 64.3 Å². The highest BCUT2D eigenvalue weighted by molar-refractivity contribution is 5.81. The molecule has 1 fully saturated rings. The van der Waals surface area contributed by atoms with Crippen molar-refractivity contribution in [3.05, 3.63) is 35.3 Å². The van der Waals surface area contributed by atoms with E-state index in [1.165, 1.54) is 4.68 Å². The number of rotatable bonds is 7. The molecule has 34 heavy (non-hydrogen) atoms. The molecule has 1 aliphatic rings. The standard InChI is InChI=1S/C21H25F4N7O2/c1-12-16(10-32(31-12)20(2,3)26-4)29-19-27-9-15(22)17(30-19)34-11-13-5-7-14(8-6-13)28-18(33)21(23,24)25/h9-10,13-14H,5-8,11H2,1-3H3,(H,28,33)(H,27,29,30). The van der Waals surface area contributed by atoms with Crippen molar-refractivity contribution >= 4 is 17.5 Å². The maximum atomic E-state index is 14.2. The Morgan fingerprint density at radius 1 is 1.29 bits per heavy atom. The third-order valence-corrected chi connectivity index (χ3v) is 5.59. The van der Waals surface area contributed by atoms with Crippen LogP contribution in [-0.2, 0) is 10.5 Å². The van der Waals surface area contributed by atoms with Crippen molar-refractivity contribution in [1.29, 1.82) is 0 Å². The number of ether oxygens (including phenoxy) is 1. The van der Waals surface area contributed by atoms with Gasteiger partial charge in [0.05, 0.1) is 30.4 Å². The van der Waals surface area contributed by atoms with Gasteiger partial charge in [-0.05, 0) is 38.5 Å². The summed E-state index contributed by atoms with van der Waals surface area (Å²) in [5, 5.41) is 9.25. The van der Waals surface area contributed by atoms with E-state index in [-0.39, 0.29) is 24.4 Å². The van der Waals surface area contributed by atoms with E-state index >= 15 is 0 Å². The van der Waals surface area contributed by atoms with Gasteiger partial charge in [0, 0.05) is 19.9 Å². The second kappa shape index (κ2) is 9.82. The lowest BCUT2D eigenvalue weighted by atomic mass is 9.86. The van der Waals surface area contributed by atoms with Crippen LogP contribution in [0.4, 0.5) is 29.2 Å². The first-order valence-electron chi connectivity index (χ1n) is 10.6. The Labute approximate surface area is 193 Å². The molecule has 1 amide bonds. The van der Waals surface area contributed by atoms with Gasteiger partial charge in [0.25, 0.3) is 5.88 Å². The van der Waals surface area contributed by atoms with Crippen LogP contribution in [0, 0.1) is 25.2 Å². The largest absolute Gasteiger partial charge is 0.475 e. The highest BCUT2D eigenvalue weighted by Gasteiger charge is 2.40. The van der Waals surface area contributed by atoms with Crippen LogP contribution in [0.15, 0.2) is 12.4 Å². The van der Waals surface area contributed by atoms with Crippen molar-refractivity contribution in [2.24, 2.45) is 5.92 Å². The number of hydrogen-bond donors (Lipinski definition) is 2. The Morgan fingerprint density at radius 3 is 2.59 bits per heavy atom. The second-order valence-corrected chi connectivity index (χ2v) is 8.65. The van der Waals surface area contributed by atoms with Gasteiger partial charge in [-0.25, -0.2) is 11.6 Å². The van der Waals surface area contributed by atoms with Gasteiger partial charge in [-0.15, -0.1) is 0 Å². The molecule has 0 aliphatic heterocycles. The van der Waals surface area contributed by atoms with Crippen LogP contribution in [0.2, 0.25) is 0 Å². The first-order chi connectivity index (χ1) is 15.9. The molecule has 184 valence electrons. The molecule has 9 nitrogen and oxygen atoms in total. The molecule has 0 unspecified atom stereocenters. The number of anilines is 2. The summed E-state index contributed by atoms with van der Waals surface area (Å²) in [6, 6.07) is -0.547. The molecule has 2 aromatic heterocycles. The molecule has 1 saturated carbocycles. The van der Waals surface area contributed by atoms with Crippen LogP contribution in [0.3, 0.4) is 0 Å². The molecule has 2 aromatic rings. The topological polar surface area (TPSA) is 98.3 Å². The van der Waals surface area contributed by atoms with E-state index in [9.17, 15) is 22.4 Å². The number of aryl methyl sites for hydroxylation is 1. The molecular formula is C21H25F4N7O2. The lowest BCUT2D eigenvalue weighted by molar-refractivity contribution is -0.174. The Balaban J connectivity index is 1.57. The molecule has 1 aliphatic carbocycles. The zero-order chi connectivity index (χ0) is 25.1. The molecule has 0 atom stereocenters. The number of halogens is 4. The fourth-order valence-corrected chi connectivity index (χ4v) is 3.49. The SMILES string of the molecule is [C-]#[N+]C(C)(C)n1cc(Nc2ncc(F)c(OCC3CCC(NC(=O)C(F)(F)F)CC3)n2)c(C)n1. The van der Waals surface area contributed by atoms with Crippen molar-refractivity contribution in [3.63, 3.8) is 0 Å². The van der Waals surface area contributed by atoms with Crippen molar-refractivity contribution < 1.29 is 27.1 Å². The van der Waals surface area contributed by atoms with Gasteiger partial charge in [0.2, 0.25) is 11.8 Å². The molecule has 0 aromatic carbocycles. The third-order valence-electron chi connectivity index (χ3n) is 5.59. The molecule has 0 bridgehead atoms. The summed E-state index contributed by atoms with van der Waals surface area (Å²) >= 11 is 0. The fourth-order valence-electron chi connectivity index (χ4n) is 3.49. The highest BCUT2D eigenvalue weighted by Crippen LogP contribution is 2.28. The minimum Gasteiger partial charge on any atom is -0.475 e. The number of amides is 1. The van der Waals surface area contributed by atoms with Crippen LogP contribution >= 0.6 is 0 Å². The molecule has 0 spiro atoms. The number of nitrogens with zero attached hydrogens (tertiary/aromatic N) is 5. The zero-order valence-electron chi connectivity index (χ0n) is 18.9. The van der Waals surface area contributed by atoms with E-state index < -0.39 is 29.6 Å². The molecule has 0 saturated heterocycles. The summed E-state index contributed by atoms with van der Waals surface area (Å²) in [4.78, 5) is 22.6. The van der Waals surface area contributed by atoms with Crippen molar-refractivity contribution in [2.75, 3.05) is 11.9 Å². The smallest absolute Gasteiger partial charge is 0.471 e. The molecule has 3 rings (SSSR count). The number of aromatic nitrogens is 4. The van der Waals surface area contributed by atoms with Crippen LogP contribution in [-0.4, -0.2) is 44.5 Å². The van der Waals surface area contributed by atoms with E-state index in [0.717, 1.165) is 6.20 Å². The number of carbonyl (C=O) groups is 1. The van der Waals surface area contributed by atoms with Crippen LogP contribution in [0.25, 0.3) is 4.85 Å². The Kier molecular flexibility index (Phi) is 7.28. The van der Waals surface area contributed by atoms with E-state index in [0.29, 0.717) is 37.1 Å². The number of hydrogen-bond acceptors (Lipinski definition) is 6. The Bertz CT molecular complexity index is 1070. The lowest BCUT2D eigenvalue weighted by Gasteiger charge is -2.29. The van der Waals surface area contributed by atoms with Gasteiger partial charge in [-0.1, -0.05) is 0 Å². The van der Waals surface area contributed by atoms with E-state index in [4.69, 9.17) is 11.3 Å². The Hall–Kier alpha value is -3.43. The molecule has 13 heteroatoms. The quantitative estimate of drug-likeness (QED) is 0.455. The summed E-state index contributed by atoms with van der Waals surface area (Å²) in [7, 11) is 0. The number of carbonyl (C=O) groups excluding carboxylic acids is 1. The summed E-state index contributed by atoms with van der Waals surface area (Å²) in [6.07, 6.45) is -0.502. The highest BCUT2D eigenvalue weighted by atomic mass is 19.4. The predicted molar refractivity (Wildman–Crippen MR) is 114 cm³/mol. The average molecular weight is 483 g/mol. The van der Waals surface area contributed by atoms with Crippen LogP contribution in [0.1, 0.15) is 45.2 Å². The average Bonchev–Trinajstić information content (AvgIpc) is 3.15. The first kappa shape index (κ1) is 25.2. The van der Waals surface area contributed by atoms with Crippen LogP contribution < -0.4 is 15.4 Å². The normalized spacial score (nSPS) is 18.8. The van der Waals surface area contributed by atoms with Gasteiger partial charge in [0.1, 0.15) is 0 Å². The fraction of sp³-hybridized carbons (Fsp3) is 0.571. The minimum absolute atomic E-state index is 0.0128. The van der Waals surface area contributed by atoms with Gasteiger partial charge >= 0.3 is 17.7 Å². The van der Waals surface area contributed by atoms with Crippen molar-refractivity contribution in [1.82, 2.24) is 25.1 Å². The molecule has 2 N–H and O–H groups in total. The van der Waals surface area contributed by atoms with Gasteiger partial charge in [-0.3, -0.25) is 9.64 Å². The maximum Gasteiger partial charge on any atom is 0.471 e. The second-order valence-electron chi connectivity index (χ2n) is 8.65. The summed E-state index contributed by atoms with van der Waals surface area (Å²) in [5.41, 5.74) is 0.270. The summed E-state index contributed by atoms with van der Waals surface area (Å²) in [5.74, 6) is -2.87. The Morgan fingerprint density at radius 2 is 1.97 bits per heavy atom. The predicted octanol–water partition coefficient (Wildman–Crippen LogP) is 4.09. The van der Waals surface area contributed by atoms with Gasteiger partial charge in [0.15, 0.2) is 0 Å². The van der Waals surface area contributed by atoms with E-state index in [1.807, 2.05) is 5.32 Å². The van der Waals surface area contributed by atoms with Crippen LogP contribution in [0.5, 0.6) is 5.88 Å². The molecular weight excluding hydrogens is 458 g/mol. The van der Waals surface area contributed by atoms with E-state index in [2.05, 4.69) is 25.2 Å². The summed E-state index contributed by atoms with van der Waals surface area (Å²) < 4.78 is 58.4. The first-order valence-corrected chi connectivity index (χ1v) is 10.6. The van der Waals surface area contributed by atoms with Crippen molar-refractivity contribution in [3.8, 4) is 5.88 Å². The van der Waals surface area contributed by atoms with Gasteiger partial charge in [-0.2, -0.15) is 32.3 Å². The lowest BCUT2D eigenvalue weighted by Crippen LogP contribution is -2.44. The molecule has 0 radical (unpaired) electrons. The minimum atomic E-state index is -4.90. The van der Waals surface area contributed by atoms with E-state index in [1.54, 1.807) is 27.0 Å². The zero-order valence-corrected chi connectivity index (χ0v) is 18.9. The maximum absolute atomic E-state index is 14.2. The van der Waals surface area contributed by atoms with Gasteiger partial charge < -0.3 is 15.4 Å². The monoisotopic (exact) mass is 483 g/mol. The summed E-state index contributed by atoms with van der Waals surface area (Å²) in [6.45, 7) is 12.6. The third kappa shape index (κ3) is 6.12. The molecule has 2 heterocycles. The number of nitrogens with one attached hydrogen (secondary N) is 2. The number of alkyl halides is 3.